The lowest BCUT2D eigenvalue weighted by Gasteiger charge is -2.21. The van der Waals surface area contributed by atoms with E-state index in [1.165, 1.54) is 135 Å². The van der Waals surface area contributed by atoms with Crippen molar-refractivity contribution in [1.29, 1.82) is 0 Å². The second-order valence-electron chi connectivity index (χ2n) is 20.5. The Morgan fingerprint density at radius 1 is 0.378 bits per heavy atom. The van der Waals surface area contributed by atoms with Crippen molar-refractivity contribution in [3.05, 3.63) is 48.6 Å². The fraction of sp³-hybridized carbons (Fsp3) is 0.823. The van der Waals surface area contributed by atoms with Gasteiger partial charge in [-0.05, 0) is 77.0 Å². The summed E-state index contributed by atoms with van der Waals surface area (Å²) in [5, 5.41) is 9.81. The van der Waals surface area contributed by atoms with Gasteiger partial charge >= 0.3 is 25.7 Å². The Bertz CT molecular complexity index is 1430. The smallest absolute Gasteiger partial charge is 0.462 e. The van der Waals surface area contributed by atoms with Crippen LogP contribution in [-0.2, 0) is 42.2 Å². The number of phosphoric ester groups is 1. The van der Waals surface area contributed by atoms with Gasteiger partial charge in [-0.3, -0.25) is 23.4 Å². The second kappa shape index (κ2) is 56.6. The molecule has 0 aromatic carbocycles. The molecule has 3 unspecified atom stereocenters. The van der Waals surface area contributed by atoms with Gasteiger partial charge < -0.3 is 24.2 Å². The van der Waals surface area contributed by atoms with Gasteiger partial charge in [0.25, 0.3) is 0 Å². The Morgan fingerprint density at radius 3 is 1.08 bits per heavy atom. The van der Waals surface area contributed by atoms with Crippen LogP contribution < -0.4 is 0 Å². The minimum atomic E-state index is -4.75. The van der Waals surface area contributed by atoms with Crippen molar-refractivity contribution in [2.45, 2.75) is 303 Å². The number of esters is 3. The Labute approximate surface area is 453 Å². The molecule has 0 heterocycles. The minimum Gasteiger partial charge on any atom is -0.462 e. The van der Waals surface area contributed by atoms with E-state index in [0.29, 0.717) is 19.3 Å². The summed E-state index contributed by atoms with van der Waals surface area (Å²) in [6, 6.07) is 0. The molecule has 2 N–H and O–H groups in total. The van der Waals surface area contributed by atoms with E-state index in [4.69, 9.17) is 23.3 Å². The van der Waals surface area contributed by atoms with Crippen LogP contribution in [-0.4, -0.2) is 66.5 Å². The van der Waals surface area contributed by atoms with Gasteiger partial charge in [0.1, 0.15) is 12.7 Å². The molecule has 432 valence electrons. The van der Waals surface area contributed by atoms with E-state index >= 15 is 0 Å². The lowest BCUT2D eigenvalue weighted by atomic mass is 10.0. The number of carbonyl (C=O) groups is 3. The largest absolute Gasteiger partial charge is 0.472 e. The van der Waals surface area contributed by atoms with E-state index in [-0.39, 0.29) is 25.9 Å². The monoisotopic (exact) mass is 1060 g/mol. The van der Waals surface area contributed by atoms with E-state index < -0.39 is 57.8 Å². The van der Waals surface area contributed by atoms with Crippen molar-refractivity contribution in [3.63, 3.8) is 0 Å². The first-order valence-electron chi connectivity index (χ1n) is 30.5. The van der Waals surface area contributed by atoms with Crippen molar-refractivity contribution in [3.8, 4) is 0 Å². The maximum Gasteiger partial charge on any atom is 0.472 e. The van der Waals surface area contributed by atoms with Gasteiger partial charge in [0.15, 0.2) is 6.10 Å². The number of allylic oxidation sites excluding steroid dienone is 8. The molecule has 0 radical (unpaired) electrons. The fourth-order valence-electron chi connectivity index (χ4n) is 8.54. The molecule has 0 aromatic heterocycles. The molecule has 0 bridgehead atoms. The van der Waals surface area contributed by atoms with Crippen molar-refractivity contribution < 1.29 is 52.2 Å². The summed E-state index contributed by atoms with van der Waals surface area (Å²) in [5.74, 6) is -1.46. The van der Waals surface area contributed by atoms with Crippen molar-refractivity contribution in [2.75, 3.05) is 26.4 Å². The molecular formula is C62H113O11P. The average Bonchev–Trinajstić information content (AvgIpc) is 3.39. The summed E-state index contributed by atoms with van der Waals surface area (Å²) < 4.78 is 39.6. The molecule has 0 fully saturated rings. The third-order valence-electron chi connectivity index (χ3n) is 13.2. The predicted octanol–water partition coefficient (Wildman–Crippen LogP) is 18.1. The van der Waals surface area contributed by atoms with Crippen LogP contribution in [0.5, 0.6) is 0 Å². The zero-order valence-corrected chi connectivity index (χ0v) is 48.7. The first-order chi connectivity index (χ1) is 36.2. The zero-order valence-electron chi connectivity index (χ0n) is 47.8. The average molecular weight is 1070 g/mol. The molecular weight excluding hydrogens is 952 g/mol. The number of phosphoric acid groups is 1. The van der Waals surface area contributed by atoms with Gasteiger partial charge in [0, 0.05) is 19.3 Å². The van der Waals surface area contributed by atoms with E-state index in [1.807, 2.05) is 0 Å². The molecule has 74 heavy (non-hydrogen) atoms. The Morgan fingerprint density at radius 2 is 0.689 bits per heavy atom. The number of unbranched alkanes of at least 4 members (excludes halogenated alkanes) is 32. The molecule has 0 rings (SSSR count). The van der Waals surface area contributed by atoms with Crippen molar-refractivity contribution in [1.82, 2.24) is 0 Å². The topological polar surface area (TPSA) is 155 Å². The zero-order chi connectivity index (χ0) is 54.1. The first kappa shape index (κ1) is 71.4. The molecule has 0 aliphatic heterocycles. The van der Waals surface area contributed by atoms with Gasteiger partial charge in [-0.1, -0.05) is 243 Å². The summed E-state index contributed by atoms with van der Waals surface area (Å²) in [4.78, 5) is 48.6. The first-order valence-corrected chi connectivity index (χ1v) is 32.0. The number of aliphatic hydroxyl groups excluding tert-OH is 1. The number of rotatable bonds is 57. The van der Waals surface area contributed by atoms with Crippen LogP contribution in [0.25, 0.3) is 0 Å². The quantitative estimate of drug-likeness (QED) is 0.0197. The van der Waals surface area contributed by atoms with E-state index in [2.05, 4.69) is 69.4 Å². The van der Waals surface area contributed by atoms with Gasteiger partial charge in [-0.15, -0.1) is 0 Å². The van der Waals surface area contributed by atoms with Gasteiger partial charge in [-0.25, -0.2) is 4.57 Å². The molecule has 0 saturated carbocycles. The number of hydrogen-bond acceptors (Lipinski definition) is 10. The standard InChI is InChI=1S/C62H113O11P/c1-4-7-10-13-16-19-22-25-27-28-29-30-32-34-36-39-42-45-48-51-60(64)69-55-59(73-62(66)53-50-47-44-41-38-35-31-26-23-20-17-14-11-8-5-2)57-71-74(67,68)70-56-58(54-63)72-61(65)52-49-46-43-40-37-33-24-21-18-15-12-9-6-3/h12,15-16,19,21,24-25,27,58-59,63H,4-11,13-14,17-18,20,22-23,26,28-57H2,1-3H3,(H,67,68)/b15-12-,19-16-,24-21-,27-25-. The van der Waals surface area contributed by atoms with E-state index in [0.717, 1.165) is 96.3 Å². The number of carbonyl (C=O) groups excluding carboxylic acids is 3. The minimum absolute atomic E-state index is 0.162. The summed E-state index contributed by atoms with van der Waals surface area (Å²) in [6.45, 7) is 4.58. The highest BCUT2D eigenvalue weighted by atomic mass is 31.2. The molecule has 11 nitrogen and oxygen atoms in total. The maximum atomic E-state index is 12.9. The van der Waals surface area contributed by atoms with Gasteiger partial charge in [0.2, 0.25) is 0 Å². The number of aliphatic hydroxyl groups is 1. The van der Waals surface area contributed by atoms with Crippen molar-refractivity contribution in [2.24, 2.45) is 0 Å². The highest BCUT2D eigenvalue weighted by Gasteiger charge is 2.28. The Balaban J connectivity index is 4.69. The normalized spacial score (nSPS) is 13.6. The second-order valence-corrected chi connectivity index (χ2v) is 22.0. The molecule has 3 atom stereocenters. The van der Waals surface area contributed by atoms with Crippen LogP contribution in [0.15, 0.2) is 48.6 Å². The summed E-state index contributed by atoms with van der Waals surface area (Å²) in [7, 11) is -4.75. The summed E-state index contributed by atoms with van der Waals surface area (Å²) in [5.41, 5.74) is 0. The van der Waals surface area contributed by atoms with E-state index in [1.54, 1.807) is 0 Å². The highest BCUT2D eigenvalue weighted by molar-refractivity contribution is 7.47. The van der Waals surface area contributed by atoms with Crippen LogP contribution in [0.1, 0.15) is 290 Å². The van der Waals surface area contributed by atoms with E-state index in [9.17, 15) is 28.9 Å². The summed E-state index contributed by atoms with van der Waals surface area (Å²) >= 11 is 0. The molecule has 0 aliphatic carbocycles. The highest BCUT2D eigenvalue weighted by Crippen LogP contribution is 2.43. The molecule has 0 aliphatic rings. The van der Waals surface area contributed by atoms with Crippen LogP contribution in [0.3, 0.4) is 0 Å². The summed E-state index contributed by atoms with van der Waals surface area (Å²) in [6.07, 6.45) is 60.6. The predicted molar refractivity (Wildman–Crippen MR) is 307 cm³/mol. The number of ether oxygens (including phenoxy) is 3. The van der Waals surface area contributed by atoms with Crippen LogP contribution >= 0.6 is 7.82 Å². The SMILES string of the molecule is CCC/C=C\C/C=C\CCCCCCCC(=O)OC(CO)COP(=O)(O)OCC(COC(=O)CCCCCCCCCCC/C=C\C/C=C\CCCCC)OC(=O)CCCCCCCCCCCCCCCCC. The maximum absolute atomic E-state index is 12.9. The lowest BCUT2D eigenvalue weighted by Crippen LogP contribution is -2.30. The molecule has 0 saturated heterocycles. The third-order valence-corrected chi connectivity index (χ3v) is 14.2. The van der Waals surface area contributed by atoms with Crippen molar-refractivity contribution >= 4 is 25.7 Å². The van der Waals surface area contributed by atoms with Crippen LogP contribution in [0.2, 0.25) is 0 Å². The third kappa shape index (κ3) is 54.2. The fourth-order valence-corrected chi connectivity index (χ4v) is 9.33. The lowest BCUT2D eigenvalue weighted by molar-refractivity contribution is -0.161. The van der Waals surface area contributed by atoms with Gasteiger partial charge in [0.05, 0.1) is 19.8 Å². The van der Waals surface area contributed by atoms with Crippen LogP contribution in [0, 0.1) is 0 Å². The molecule has 0 amide bonds. The number of hydrogen-bond donors (Lipinski definition) is 2. The molecule has 0 aromatic rings. The Kier molecular flexibility index (Phi) is 54.7. The van der Waals surface area contributed by atoms with Crippen LogP contribution in [0.4, 0.5) is 0 Å². The molecule has 0 spiro atoms. The van der Waals surface area contributed by atoms with Gasteiger partial charge in [-0.2, -0.15) is 0 Å². The Hall–Kier alpha value is -2.56. The molecule has 12 heteroatoms.